The van der Waals surface area contributed by atoms with Gasteiger partial charge in [0.2, 0.25) is 0 Å². The summed E-state index contributed by atoms with van der Waals surface area (Å²) in [5, 5.41) is 0.913. The summed E-state index contributed by atoms with van der Waals surface area (Å²) in [5.74, 6) is 0. The van der Waals surface area contributed by atoms with E-state index in [1.165, 1.54) is 16.8 Å². The van der Waals surface area contributed by atoms with Gasteiger partial charge in [-0.05, 0) is 42.3 Å². The molecule has 1 aromatic carbocycles. The molecule has 0 spiro atoms. The molecule has 1 aromatic heterocycles. The fourth-order valence-corrected chi connectivity index (χ4v) is 2.65. The third-order valence-corrected chi connectivity index (χ3v) is 3.94. The van der Waals surface area contributed by atoms with Crippen LogP contribution in [0, 0.1) is 6.92 Å². The van der Waals surface area contributed by atoms with E-state index in [2.05, 4.69) is 64.1 Å². The van der Waals surface area contributed by atoms with E-state index < -0.39 is 0 Å². The molecule has 1 heterocycles. The van der Waals surface area contributed by atoms with Crippen LogP contribution in [0.4, 0.5) is 5.69 Å². The molecular formula is C16H19BrN2. The van der Waals surface area contributed by atoms with E-state index >= 15 is 0 Å². The Kier molecular flexibility index (Phi) is 4.97. The highest BCUT2D eigenvalue weighted by Crippen LogP contribution is 2.20. The molecule has 100 valence electrons. The largest absolute Gasteiger partial charge is 0.374 e. The number of rotatable bonds is 5. The molecule has 0 radical (unpaired) electrons. The summed E-state index contributed by atoms with van der Waals surface area (Å²) in [4.78, 5) is 6.63. The first kappa shape index (κ1) is 14.1. The molecule has 0 N–H and O–H groups in total. The van der Waals surface area contributed by atoms with Gasteiger partial charge in [0.1, 0.15) is 0 Å². The van der Waals surface area contributed by atoms with Crippen molar-refractivity contribution in [3.63, 3.8) is 0 Å². The molecule has 2 nitrogen and oxygen atoms in total. The first-order valence-electron chi connectivity index (χ1n) is 6.47. The molecule has 2 rings (SSSR count). The summed E-state index contributed by atoms with van der Waals surface area (Å²) < 4.78 is 0. The summed E-state index contributed by atoms with van der Waals surface area (Å²) >= 11 is 3.51. The second-order valence-electron chi connectivity index (χ2n) is 4.74. The SMILES string of the molecule is Cc1cc(N(C)CCc2ccccn2)ccc1CBr. The van der Waals surface area contributed by atoms with Gasteiger partial charge in [0.25, 0.3) is 0 Å². The number of aromatic nitrogens is 1. The molecule has 0 saturated carbocycles. The van der Waals surface area contributed by atoms with Crippen LogP contribution in [0.3, 0.4) is 0 Å². The van der Waals surface area contributed by atoms with Gasteiger partial charge in [0, 0.05) is 42.9 Å². The number of halogens is 1. The highest BCUT2D eigenvalue weighted by Gasteiger charge is 2.04. The van der Waals surface area contributed by atoms with Gasteiger partial charge in [0.15, 0.2) is 0 Å². The second kappa shape index (κ2) is 6.71. The number of benzene rings is 1. The minimum atomic E-state index is 0.913. The van der Waals surface area contributed by atoms with Gasteiger partial charge in [-0.15, -0.1) is 0 Å². The zero-order valence-corrected chi connectivity index (χ0v) is 13.0. The van der Waals surface area contributed by atoms with Crippen molar-refractivity contribution in [3.8, 4) is 0 Å². The third-order valence-electron chi connectivity index (χ3n) is 3.34. The van der Waals surface area contributed by atoms with Gasteiger partial charge in [0.05, 0.1) is 0 Å². The van der Waals surface area contributed by atoms with E-state index in [0.29, 0.717) is 0 Å². The van der Waals surface area contributed by atoms with E-state index in [-0.39, 0.29) is 0 Å². The Balaban J connectivity index is 2.00. The number of hydrogen-bond donors (Lipinski definition) is 0. The minimum absolute atomic E-state index is 0.913. The van der Waals surface area contributed by atoms with Crippen molar-refractivity contribution in [2.24, 2.45) is 0 Å². The van der Waals surface area contributed by atoms with Crippen molar-refractivity contribution in [2.75, 3.05) is 18.5 Å². The zero-order valence-electron chi connectivity index (χ0n) is 11.4. The van der Waals surface area contributed by atoms with Crippen LogP contribution in [0.5, 0.6) is 0 Å². The van der Waals surface area contributed by atoms with Gasteiger partial charge < -0.3 is 4.90 Å². The smallest absolute Gasteiger partial charge is 0.0421 e. The quantitative estimate of drug-likeness (QED) is 0.776. The molecule has 0 aliphatic heterocycles. The summed E-state index contributed by atoms with van der Waals surface area (Å²) in [6, 6.07) is 12.7. The molecule has 0 fully saturated rings. The fraction of sp³-hybridized carbons (Fsp3) is 0.312. The van der Waals surface area contributed by atoms with Crippen molar-refractivity contribution < 1.29 is 0 Å². The lowest BCUT2D eigenvalue weighted by Gasteiger charge is -2.20. The molecule has 3 heteroatoms. The Bertz CT molecular complexity index is 526. The molecule has 2 aromatic rings. The van der Waals surface area contributed by atoms with Crippen LogP contribution in [0.1, 0.15) is 16.8 Å². The number of anilines is 1. The Morgan fingerprint density at radius 3 is 2.68 bits per heavy atom. The Morgan fingerprint density at radius 1 is 1.21 bits per heavy atom. The van der Waals surface area contributed by atoms with Crippen molar-refractivity contribution in [1.82, 2.24) is 4.98 Å². The summed E-state index contributed by atoms with van der Waals surface area (Å²) in [7, 11) is 2.13. The topological polar surface area (TPSA) is 16.1 Å². The molecular weight excluding hydrogens is 300 g/mol. The normalized spacial score (nSPS) is 10.5. The van der Waals surface area contributed by atoms with Gasteiger partial charge in [-0.1, -0.05) is 28.1 Å². The third kappa shape index (κ3) is 3.80. The zero-order chi connectivity index (χ0) is 13.7. The molecule has 0 amide bonds. The summed E-state index contributed by atoms with van der Waals surface area (Å²) in [6.07, 6.45) is 2.82. The van der Waals surface area contributed by atoms with E-state index in [1.54, 1.807) is 0 Å². The van der Waals surface area contributed by atoms with Crippen LogP contribution >= 0.6 is 15.9 Å². The Morgan fingerprint density at radius 2 is 2.05 bits per heavy atom. The summed E-state index contributed by atoms with van der Waals surface area (Å²) in [5.41, 5.74) is 5.09. The molecule has 0 atom stereocenters. The number of likely N-dealkylation sites (N-methyl/N-ethyl adjacent to an activating group) is 1. The van der Waals surface area contributed by atoms with Crippen LogP contribution in [0.2, 0.25) is 0 Å². The molecule has 0 aliphatic carbocycles. The van der Waals surface area contributed by atoms with Gasteiger partial charge >= 0.3 is 0 Å². The average molecular weight is 319 g/mol. The maximum absolute atomic E-state index is 4.36. The van der Waals surface area contributed by atoms with Crippen molar-refractivity contribution in [3.05, 3.63) is 59.4 Å². The van der Waals surface area contributed by atoms with Gasteiger partial charge in [-0.3, -0.25) is 4.98 Å². The first-order chi connectivity index (χ1) is 9.20. The minimum Gasteiger partial charge on any atom is -0.374 e. The maximum Gasteiger partial charge on any atom is 0.0421 e. The highest BCUT2D eigenvalue weighted by molar-refractivity contribution is 9.08. The highest BCUT2D eigenvalue weighted by atomic mass is 79.9. The lowest BCUT2D eigenvalue weighted by Crippen LogP contribution is -2.20. The molecule has 19 heavy (non-hydrogen) atoms. The predicted octanol–water partition coefficient (Wildman–Crippen LogP) is 3.96. The van der Waals surface area contributed by atoms with E-state index in [1.807, 2.05) is 18.3 Å². The molecule has 0 bridgehead atoms. The van der Waals surface area contributed by atoms with Gasteiger partial charge in [-0.2, -0.15) is 0 Å². The average Bonchev–Trinajstić information content (AvgIpc) is 2.45. The second-order valence-corrected chi connectivity index (χ2v) is 5.30. The number of hydrogen-bond acceptors (Lipinski definition) is 2. The molecule has 0 unspecified atom stereocenters. The van der Waals surface area contributed by atoms with Crippen LogP contribution in [0.25, 0.3) is 0 Å². The Labute approximate surface area is 123 Å². The lowest BCUT2D eigenvalue weighted by molar-refractivity contribution is 0.852. The Hall–Kier alpha value is -1.35. The molecule has 0 aliphatic rings. The first-order valence-corrected chi connectivity index (χ1v) is 7.59. The number of aryl methyl sites for hydroxylation is 1. The number of alkyl halides is 1. The van der Waals surface area contributed by atoms with Gasteiger partial charge in [-0.25, -0.2) is 0 Å². The monoisotopic (exact) mass is 318 g/mol. The van der Waals surface area contributed by atoms with E-state index in [4.69, 9.17) is 0 Å². The standard InChI is InChI=1S/C16H19BrN2/c1-13-11-16(7-6-14(13)12-17)19(2)10-8-15-5-3-4-9-18-15/h3-7,9,11H,8,10,12H2,1-2H3. The fourth-order valence-electron chi connectivity index (χ4n) is 2.02. The van der Waals surface area contributed by atoms with Crippen LogP contribution < -0.4 is 4.90 Å². The summed E-state index contributed by atoms with van der Waals surface area (Å²) in [6.45, 7) is 3.14. The van der Waals surface area contributed by atoms with Crippen LogP contribution in [-0.4, -0.2) is 18.6 Å². The van der Waals surface area contributed by atoms with Crippen molar-refractivity contribution in [2.45, 2.75) is 18.7 Å². The van der Waals surface area contributed by atoms with Crippen LogP contribution in [0.15, 0.2) is 42.6 Å². The molecule has 0 saturated heterocycles. The van der Waals surface area contributed by atoms with Crippen molar-refractivity contribution in [1.29, 1.82) is 0 Å². The van der Waals surface area contributed by atoms with E-state index in [0.717, 1.165) is 24.0 Å². The predicted molar refractivity (Wildman–Crippen MR) is 85.0 cm³/mol. The van der Waals surface area contributed by atoms with Crippen molar-refractivity contribution >= 4 is 21.6 Å². The number of pyridine rings is 1. The lowest BCUT2D eigenvalue weighted by atomic mass is 10.1. The van der Waals surface area contributed by atoms with E-state index in [9.17, 15) is 0 Å². The maximum atomic E-state index is 4.36. The van der Waals surface area contributed by atoms with Crippen LogP contribution in [-0.2, 0) is 11.8 Å². The number of nitrogens with zero attached hydrogens (tertiary/aromatic N) is 2.